The zero-order valence-corrected chi connectivity index (χ0v) is 10.8. The van der Waals surface area contributed by atoms with Crippen LogP contribution in [0, 0.1) is 0 Å². The van der Waals surface area contributed by atoms with Gasteiger partial charge >= 0.3 is 0 Å². The van der Waals surface area contributed by atoms with E-state index < -0.39 is 0 Å². The van der Waals surface area contributed by atoms with Gasteiger partial charge in [0.25, 0.3) is 0 Å². The van der Waals surface area contributed by atoms with Gasteiger partial charge in [-0.3, -0.25) is 4.79 Å². The molecule has 2 aromatic rings. The molecule has 1 aromatic carbocycles. The minimum atomic E-state index is 0.00440. The fourth-order valence-electron chi connectivity index (χ4n) is 2.44. The van der Waals surface area contributed by atoms with Crippen LogP contribution in [0.2, 0.25) is 0 Å². The number of carbonyl (C=O) groups excluding carboxylic acids is 1. The molecule has 1 aromatic heterocycles. The molecule has 4 heteroatoms. The first-order valence-electron chi connectivity index (χ1n) is 6.40. The highest BCUT2D eigenvalue weighted by Gasteiger charge is 2.20. The Balaban J connectivity index is 1.90. The van der Waals surface area contributed by atoms with Gasteiger partial charge in [-0.05, 0) is 18.2 Å². The first-order chi connectivity index (χ1) is 9.25. The lowest BCUT2D eigenvalue weighted by Gasteiger charge is -2.20. The summed E-state index contributed by atoms with van der Waals surface area (Å²) < 4.78 is 7.90. The molecule has 1 N–H and O–H groups in total. The fraction of sp³-hybridized carbons (Fsp3) is 0.267. The van der Waals surface area contributed by atoms with Gasteiger partial charge in [0.1, 0.15) is 12.4 Å². The molecule has 0 atom stereocenters. The van der Waals surface area contributed by atoms with Gasteiger partial charge in [-0.15, -0.1) is 0 Å². The zero-order chi connectivity index (χ0) is 13.2. The molecule has 4 nitrogen and oxygen atoms in total. The molecule has 0 saturated heterocycles. The Labute approximate surface area is 112 Å². The topological polar surface area (TPSA) is 43.3 Å². The molecule has 0 radical (unpaired) electrons. The normalized spacial score (nSPS) is 12.3. The lowest BCUT2D eigenvalue weighted by atomic mass is 10.0. The summed E-state index contributed by atoms with van der Waals surface area (Å²) in [4.78, 5) is 10.9. The van der Waals surface area contributed by atoms with Crippen LogP contribution in [0.4, 0.5) is 0 Å². The first kappa shape index (κ1) is 11.8. The van der Waals surface area contributed by atoms with Gasteiger partial charge < -0.3 is 14.6 Å². The smallest absolute Gasteiger partial charge is 0.216 e. The molecule has 0 bridgehead atoms. The van der Waals surface area contributed by atoms with Crippen LogP contribution in [-0.4, -0.2) is 17.0 Å². The summed E-state index contributed by atoms with van der Waals surface area (Å²) in [7, 11) is 0. The van der Waals surface area contributed by atoms with Crippen LogP contribution in [0.3, 0.4) is 0 Å². The number of hydrogen-bond donors (Lipinski definition) is 1. The summed E-state index contributed by atoms with van der Waals surface area (Å²) in [5, 5.41) is 2.82. The summed E-state index contributed by atoms with van der Waals surface area (Å²) in [6.07, 6.45) is 2.05. The predicted octanol–water partition coefficient (Wildman–Crippen LogP) is 2.18. The SMILES string of the molecule is CC(=O)NCCn1ccc2c1-c1ccccc1OC2. The Morgan fingerprint density at radius 2 is 2.21 bits per heavy atom. The van der Waals surface area contributed by atoms with Crippen LogP contribution in [0.1, 0.15) is 12.5 Å². The third kappa shape index (κ3) is 2.21. The van der Waals surface area contributed by atoms with Gasteiger partial charge in [0.15, 0.2) is 0 Å². The van der Waals surface area contributed by atoms with Crippen LogP contribution in [0.5, 0.6) is 5.75 Å². The van der Waals surface area contributed by atoms with Crippen molar-refractivity contribution in [1.82, 2.24) is 9.88 Å². The van der Waals surface area contributed by atoms with Gasteiger partial charge in [-0.2, -0.15) is 0 Å². The van der Waals surface area contributed by atoms with E-state index in [1.165, 1.54) is 18.2 Å². The van der Waals surface area contributed by atoms with Crippen molar-refractivity contribution in [1.29, 1.82) is 0 Å². The van der Waals surface area contributed by atoms with Crippen molar-refractivity contribution in [2.75, 3.05) is 6.54 Å². The van der Waals surface area contributed by atoms with E-state index >= 15 is 0 Å². The van der Waals surface area contributed by atoms with Crippen LogP contribution >= 0.6 is 0 Å². The Bertz CT molecular complexity index is 616. The molecule has 1 aliphatic rings. The monoisotopic (exact) mass is 256 g/mol. The fourth-order valence-corrected chi connectivity index (χ4v) is 2.44. The average Bonchev–Trinajstić information content (AvgIpc) is 2.82. The van der Waals surface area contributed by atoms with Crippen LogP contribution in [0.15, 0.2) is 36.5 Å². The number of aromatic nitrogens is 1. The molecular formula is C15H16N2O2. The second kappa shape index (κ2) is 4.80. The van der Waals surface area contributed by atoms with E-state index in [0.717, 1.165) is 17.9 Å². The van der Waals surface area contributed by atoms with Crippen molar-refractivity contribution in [3.63, 3.8) is 0 Å². The summed E-state index contributed by atoms with van der Waals surface area (Å²) >= 11 is 0. The molecular weight excluding hydrogens is 240 g/mol. The molecule has 98 valence electrons. The van der Waals surface area contributed by atoms with E-state index in [9.17, 15) is 4.79 Å². The van der Waals surface area contributed by atoms with Gasteiger partial charge in [-0.25, -0.2) is 0 Å². The number of nitrogens with one attached hydrogen (secondary N) is 1. The van der Waals surface area contributed by atoms with E-state index in [-0.39, 0.29) is 5.91 Å². The van der Waals surface area contributed by atoms with Crippen LogP contribution < -0.4 is 10.1 Å². The van der Waals surface area contributed by atoms with E-state index in [4.69, 9.17) is 4.74 Å². The molecule has 3 rings (SSSR count). The number of fused-ring (bicyclic) bond motifs is 3. The Hall–Kier alpha value is -2.23. The summed E-state index contributed by atoms with van der Waals surface area (Å²) in [6.45, 7) is 3.55. The summed E-state index contributed by atoms with van der Waals surface area (Å²) in [5.41, 5.74) is 3.52. The molecule has 19 heavy (non-hydrogen) atoms. The number of amides is 1. The van der Waals surface area contributed by atoms with Gasteiger partial charge in [0.05, 0.1) is 5.69 Å². The van der Waals surface area contributed by atoms with E-state index in [1.807, 2.05) is 18.2 Å². The first-order valence-corrected chi connectivity index (χ1v) is 6.40. The molecule has 1 aliphatic heterocycles. The van der Waals surface area contributed by atoms with Crippen molar-refractivity contribution < 1.29 is 9.53 Å². The second-order valence-corrected chi connectivity index (χ2v) is 4.65. The number of ether oxygens (including phenoxy) is 1. The van der Waals surface area contributed by atoms with Crippen LogP contribution in [0.25, 0.3) is 11.3 Å². The molecule has 0 spiro atoms. The van der Waals surface area contributed by atoms with Crippen molar-refractivity contribution >= 4 is 5.91 Å². The quantitative estimate of drug-likeness (QED) is 0.914. The van der Waals surface area contributed by atoms with Crippen LogP contribution in [-0.2, 0) is 17.9 Å². The minimum Gasteiger partial charge on any atom is -0.488 e. The highest BCUT2D eigenvalue weighted by atomic mass is 16.5. The molecule has 1 amide bonds. The maximum Gasteiger partial charge on any atom is 0.216 e. The number of rotatable bonds is 3. The third-order valence-electron chi connectivity index (χ3n) is 3.30. The Kier molecular flexibility index (Phi) is 2.99. The predicted molar refractivity (Wildman–Crippen MR) is 72.9 cm³/mol. The highest BCUT2D eigenvalue weighted by Crippen LogP contribution is 2.37. The lowest BCUT2D eigenvalue weighted by molar-refractivity contribution is -0.118. The lowest BCUT2D eigenvalue weighted by Crippen LogP contribution is -2.24. The van der Waals surface area contributed by atoms with E-state index in [1.54, 1.807) is 0 Å². The molecule has 0 aliphatic carbocycles. The molecule has 0 unspecified atom stereocenters. The standard InChI is InChI=1S/C15H16N2O2/c1-11(18)16-7-9-17-8-6-12-10-19-14-5-3-2-4-13(14)15(12)17/h2-6,8H,7,9-10H2,1H3,(H,16,18). The number of para-hydroxylation sites is 1. The minimum absolute atomic E-state index is 0.00440. The number of carbonyl (C=O) groups is 1. The van der Waals surface area contributed by atoms with Gasteiger partial charge in [-0.1, -0.05) is 12.1 Å². The van der Waals surface area contributed by atoms with Crippen molar-refractivity contribution in [3.8, 4) is 17.0 Å². The maximum atomic E-state index is 10.9. The van der Waals surface area contributed by atoms with Crippen molar-refractivity contribution in [2.24, 2.45) is 0 Å². The summed E-state index contributed by atoms with van der Waals surface area (Å²) in [6, 6.07) is 10.1. The molecule has 2 heterocycles. The number of nitrogens with zero attached hydrogens (tertiary/aromatic N) is 1. The second-order valence-electron chi connectivity index (χ2n) is 4.65. The average molecular weight is 256 g/mol. The number of hydrogen-bond acceptors (Lipinski definition) is 2. The third-order valence-corrected chi connectivity index (χ3v) is 3.30. The van der Waals surface area contributed by atoms with Crippen molar-refractivity contribution in [3.05, 3.63) is 42.1 Å². The summed E-state index contributed by atoms with van der Waals surface area (Å²) in [5.74, 6) is 0.930. The highest BCUT2D eigenvalue weighted by molar-refractivity contribution is 5.73. The Morgan fingerprint density at radius 3 is 3.05 bits per heavy atom. The number of benzene rings is 1. The molecule has 0 saturated carbocycles. The maximum absolute atomic E-state index is 10.9. The molecule has 0 fully saturated rings. The van der Waals surface area contributed by atoms with E-state index in [0.29, 0.717) is 13.2 Å². The van der Waals surface area contributed by atoms with Crippen molar-refractivity contribution in [2.45, 2.75) is 20.1 Å². The van der Waals surface area contributed by atoms with E-state index in [2.05, 4.69) is 28.2 Å². The van der Waals surface area contributed by atoms with Gasteiger partial charge in [0, 0.05) is 37.3 Å². The Morgan fingerprint density at radius 1 is 1.37 bits per heavy atom. The zero-order valence-electron chi connectivity index (χ0n) is 10.8. The van der Waals surface area contributed by atoms with Gasteiger partial charge in [0.2, 0.25) is 5.91 Å². The largest absolute Gasteiger partial charge is 0.488 e.